The average Bonchev–Trinajstić information content (AvgIpc) is 2.34. The van der Waals surface area contributed by atoms with E-state index in [1.807, 2.05) is 0 Å². The molecule has 2 atom stereocenters. The maximum atomic E-state index is 12.1. The minimum Gasteiger partial charge on any atom is -0.313 e. The third-order valence-electron chi connectivity index (χ3n) is 3.93. The Bertz CT molecular complexity index is 585. The van der Waals surface area contributed by atoms with Crippen molar-refractivity contribution < 1.29 is 4.79 Å². The molecule has 1 saturated carbocycles. The molecule has 2 unspecified atom stereocenters. The van der Waals surface area contributed by atoms with Crippen LogP contribution in [0.15, 0.2) is 15.8 Å². The van der Waals surface area contributed by atoms with Crippen LogP contribution in [-0.4, -0.2) is 15.3 Å². The molecule has 0 spiro atoms. The van der Waals surface area contributed by atoms with Crippen LogP contribution in [0.2, 0.25) is 0 Å². The molecule has 5 heteroatoms. The van der Waals surface area contributed by atoms with Crippen LogP contribution >= 0.6 is 0 Å². The summed E-state index contributed by atoms with van der Waals surface area (Å²) in [6, 6.07) is 0. The smallest absolute Gasteiger partial charge is 0.313 e. The van der Waals surface area contributed by atoms with Crippen LogP contribution in [-0.2, 0) is 6.54 Å². The molecule has 0 amide bonds. The Morgan fingerprint density at radius 1 is 1.42 bits per heavy atom. The first-order chi connectivity index (χ1) is 8.99. The summed E-state index contributed by atoms with van der Waals surface area (Å²) >= 11 is 0. The molecule has 0 saturated heterocycles. The van der Waals surface area contributed by atoms with Gasteiger partial charge >= 0.3 is 5.69 Å². The Labute approximate surface area is 111 Å². The van der Waals surface area contributed by atoms with Gasteiger partial charge < -0.3 is 4.98 Å². The van der Waals surface area contributed by atoms with Gasteiger partial charge in [0.2, 0.25) is 0 Å². The molecule has 0 aromatic carbocycles. The Morgan fingerprint density at radius 3 is 2.79 bits per heavy atom. The molecular weight excluding hydrogens is 244 g/mol. The summed E-state index contributed by atoms with van der Waals surface area (Å²) in [5.41, 5.74) is -0.828. The van der Waals surface area contributed by atoms with Gasteiger partial charge in [-0.15, -0.1) is 0 Å². The van der Waals surface area contributed by atoms with E-state index >= 15 is 0 Å². The number of rotatable bonds is 3. The summed E-state index contributed by atoms with van der Waals surface area (Å²) in [6.45, 7) is 3.95. The number of aromatic amines is 1. The highest BCUT2D eigenvalue weighted by molar-refractivity contribution is 5.93. The highest BCUT2D eigenvalue weighted by atomic mass is 16.2. The van der Waals surface area contributed by atoms with Crippen molar-refractivity contribution >= 4 is 5.78 Å². The van der Waals surface area contributed by atoms with Crippen LogP contribution in [0.3, 0.4) is 0 Å². The van der Waals surface area contributed by atoms with E-state index in [0.717, 1.165) is 19.3 Å². The second-order valence-corrected chi connectivity index (χ2v) is 5.62. The number of hydrogen-bond donors (Lipinski definition) is 1. The molecule has 1 aliphatic carbocycles. The largest absolute Gasteiger partial charge is 0.328 e. The molecule has 0 radical (unpaired) electrons. The van der Waals surface area contributed by atoms with E-state index in [-0.39, 0.29) is 11.3 Å². The van der Waals surface area contributed by atoms with Gasteiger partial charge in [-0.3, -0.25) is 14.2 Å². The van der Waals surface area contributed by atoms with Gasteiger partial charge in [0.15, 0.2) is 5.78 Å². The maximum Gasteiger partial charge on any atom is 0.328 e. The van der Waals surface area contributed by atoms with Gasteiger partial charge in [-0.1, -0.05) is 19.8 Å². The van der Waals surface area contributed by atoms with E-state index in [1.54, 1.807) is 0 Å². The minimum absolute atomic E-state index is 0.0588. The average molecular weight is 264 g/mol. The van der Waals surface area contributed by atoms with E-state index in [9.17, 15) is 14.4 Å². The van der Waals surface area contributed by atoms with Gasteiger partial charge in [0, 0.05) is 12.7 Å². The number of carbonyl (C=O) groups is 1. The number of H-pyrrole nitrogens is 1. The lowest BCUT2D eigenvalue weighted by molar-refractivity contribution is 0.101. The highest BCUT2D eigenvalue weighted by Crippen LogP contribution is 2.29. The summed E-state index contributed by atoms with van der Waals surface area (Å²) in [5.74, 6) is 0.682. The molecule has 1 N–H and O–H groups in total. The normalized spacial score (nSPS) is 23.3. The SMILES string of the molecule is CC(=O)c1c[nH]c(=O)n(CC2CCCC(C)C2)c1=O. The van der Waals surface area contributed by atoms with Gasteiger partial charge in [0.25, 0.3) is 5.56 Å². The topological polar surface area (TPSA) is 71.9 Å². The monoisotopic (exact) mass is 264 g/mol. The van der Waals surface area contributed by atoms with E-state index in [4.69, 9.17) is 0 Å². The molecule has 19 heavy (non-hydrogen) atoms. The number of carbonyl (C=O) groups excluding carboxylic acids is 1. The van der Waals surface area contributed by atoms with Crippen molar-refractivity contribution in [2.24, 2.45) is 11.8 Å². The summed E-state index contributed by atoms with van der Waals surface area (Å²) < 4.78 is 1.18. The molecule has 5 nitrogen and oxygen atoms in total. The number of hydrogen-bond acceptors (Lipinski definition) is 3. The number of nitrogens with one attached hydrogen (secondary N) is 1. The van der Waals surface area contributed by atoms with Crippen LogP contribution in [0.4, 0.5) is 0 Å². The molecule has 1 aromatic heterocycles. The quantitative estimate of drug-likeness (QED) is 0.842. The zero-order valence-electron chi connectivity index (χ0n) is 11.4. The van der Waals surface area contributed by atoms with Crippen molar-refractivity contribution in [1.29, 1.82) is 0 Å². The molecule has 1 heterocycles. The van der Waals surface area contributed by atoms with Gasteiger partial charge in [-0.25, -0.2) is 4.79 Å². The van der Waals surface area contributed by atoms with Crippen molar-refractivity contribution in [1.82, 2.24) is 9.55 Å². The number of ketones is 1. The van der Waals surface area contributed by atoms with Gasteiger partial charge in [-0.05, 0) is 31.6 Å². The Morgan fingerprint density at radius 2 is 2.16 bits per heavy atom. The molecule has 1 aromatic rings. The highest BCUT2D eigenvalue weighted by Gasteiger charge is 2.21. The van der Waals surface area contributed by atoms with Gasteiger partial charge in [0.05, 0.1) is 5.56 Å². The first kappa shape index (κ1) is 13.8. The van der Waals surface area contributed by atoms with E-state index in [0.29, 0.717) is 18.4 Å². The van der Waals surface area contributed by atoms with E-state index in [1.165, 1.54) is 24.1 Å². The lowest BCUT2D eigenvalue weighted by Gasteiger charge is -2.26. The first-order valence-electron chi connectivity index (χ1n) is 6.82. The predicted molar refractivity (Wildman–Crippen MR) is 72.4 cm³/mol. The summed E-state index contributed by atoms with van der Waals surface area (Å²) in [6.07, 6.45) is 5.66. The van der Waals surface area contributed by atoms with Crippen LogP contribution in [0.1, 0.15) is 49.9 Å². The number of Topliss-reactive ketones (excluding diaryl/α,β-unsaturated/α-hetero) is 1. The van der Waals surface area contributed by atoms with Gasteiger partial charge in [-0.2, -0.15) is 0 Å². The van der Waals surface area contributed by atoms with Crippen LogP contribution in [0.5, 0.6) is 0 Å². The fourth-order valence-electron chi connectivity index (χ4n) is 2.91. The Hall–Kier alpha value is -1.65. The summed E-state index contributed by atoms with van der Waals surface area (Å²) in [7, 11) is 0. The molecule has 0 aliphatic heterocycles. The van der Waals surface area contributed by atoms with Crippen molar-refractivity contribution in [3.63, 3.8) is 0 Å². The Balaban J connectivity index is 2.29. The third-order valence-corrected chi connectivity index (χ3v) is 3.93. The number of nitrogens with zero attached hydrogens (tertiary/aromatic N) is 1. The molecular formula is C14H20N2O3. The summed E-state index contributed by atoms with van der Waals surface area (Å²) in [5, 5.41) is 0. The molecule has 1 aliphatic rings. The first-order valence-corrected chi connectivity index (χ1v) is 6.82. The zero-order valence-corrected chi connectivity index (χ0v) is 11.4. The lowest BCUT2D eigenvalue weighted by atomic mass is 9.82. The van der Waals surface area contributed by atoms with Crippen LogP contribution < -0.4 is 11.2 Å². The molecule has 0 bridgehead atoms. The van der Waals surface area contributed by atoms with Crippen LogP contribution in [0, 0.1) is 11.8 Å². The molecule has 1 fully saturated rings. The standard InChI is InChI=1S/C14H20N2O3/c1-9-4-3-5-11(6-9)8-16-13(18)12(10(2)17)7-15-14(16)19/h7,9,11H,3-6,8H2,1-2H3,(H,15,19). The predicted octanol–water partition coefficient (Wildman–Crippen LogP) is 1.57. The number of aromatic nitrogens is 2. The van der Waals surface area contributed by atoms with Crippen molar-refractivity contribution in [3.05, 3.63) is 32.6 Å². The fraction of sp³-hybridized carbons (Fsp3) is 0.643. The zero-order chi connectivity index (χ0) is 14.0. The fourth-order valence-corrected chi connectivity index (χ4v) is 2.91. The minimum atomic E-state index is -0.463. The second-order valence-electron chi connectivity index (χ2n) is 5.62. The second kappa shape index (κ2) is 5.55. The van der Waals surface area contributed by atoms with Crippen molar-refractivity contribution in [2.75, 3.05) is 0 Å². The Kier molecular flexibility index (Phi) is 4.02. The van der Waals surface area contributed by atoms with Gasteiger partial charge in [0.1, 0.15) is 0 Å². The van der Waals surface area contributed by atoms with E-state index in [2.05, 4.69) is 11.9 Å². The van der Waals surface area contributed by atoms with Crippen molar-refractivity contribution in [2.45, 2.75) is 46.1 Å². The van der Waals surface area contributed by atoms with E-state index < -0.39 is 11.2 Å². The van der Waals surface area contributed by atoms with Crippen molar-refractivity contribution in [3.8, 4) is 0 Å². The molecule has 2 rings (SSSR count). The lowest BCUT2D eigenvalue weighted by Crippen LogP contribution is -2.40. The van der Waals surface area contributed by atoms with Crippen LogP contribution in [0.25, 0.3) is 0 Å². The molecule has 104 valence electrons. The summed E-state index contributed by atoms with van der Waals surface area (Å²) in [4.78, 5) is 37.7. The maximum absolute atomic E-state index is 12.1. The third kappa shape index (κ3) is 3.03.